The lowest BCUT2D eigenvalue weighted by atomic mass is 10.3. The Hall–Kier alpha value is -2.93. The highest BCUT2D eigenvalue weighted by Crippen LogP contribution is 2.34. The number of carbonyl (C=O) groups excluding carboxylic acids is 1. The van der Waals surface area contributed by atoms with Crippen molar-refractivity contribution < 1.29 is 17.9 Å². The Labute approximate surface area is 145 Å². The maximum Gasteiger partial charge on any atom is 0.309 e. The summed E-state index contributed by atoms with van der Waals surface area (Å²) < 4.78 is 32.7. The van der Waals surface area contributed by atoms with Gasteiger partial charge in [0.25, 0.3) is 0 Å². The summed E-state index contributed by atoms with van der Waals surface area (Å²) in [4.78, 5) is 11.6. The van der Waals surface area contributed by atoms with Crippen molar-refractivity contribution in [2.75, 3.05) is 0 Å². The van der Waals surface area contributed by atoms with Gasteiger partial charge in [0.15, 0.2) is 4.90 Å². The van der Waals surface area contributed by atoms with Crippen LogP contribution in [0.4, 0.5) is 0 Å². The molecule has 128 valence electrons. The highest BCUT2D eigenvalue weighted by Gasteiger charge is 2.31. The largest absolute Gasteiger partial charge is 0.406 e. The number of aryl methyl sites for hydroxylation is 1. The first-order chi connectivity index (χ1) is 11.9. The van der Waals surface area contributed by atoms with Gasteiger partial charge in [0.05, 0.1) is 16.3 Å². The van der Waals surface area contributed by atoms with Crippen molar-refractivity contribution in [2.24, 2.45) is 0 Å². The molecule has 6 nitrogen and oxygen atoms in total. The van der Waals surface area contributed by atoms with Gasteiger partial charge in [0.1, 0.15) is 0 Å². The molecule has 0 radical (unpaired) electrons. The number of esters is 1. The molecule has 1 heterocycles. The molecule has 0 aliphatic rings. The van der Waals surface area contributed by atoms with E-state index in [1.807, 2.05) is 6.07 Å². The third kappa shape index (κ3) is 3.18. The second-order valence-corrected chi connectivity index (χ2v) is 7.26. The van der Waals surface area contributed by atoms with Crippen LogP contribution in [0.15, 0.2) is 70.5 Å². The molecule has 0 aliphatic heterocycles. The fraction of sp³-hybridized carbons (Fsp3) is 0.111. The second kappa shape index (κ2) is 6.52. The molecule has 0 amide bonds. The quantitative estimate of drug-likeness (QED) is 0.672. The Bertz CT molecular complexity index is 1010. The molecule has 3 aromatic rings. The third-order valence-electron chi connectivity index (χ3n) is 3.53. The maximum atomic E-state index is 13.1. The molecule has 7 heteroatoms. The summed E-state index contributed by atoms with van der Waals surface area (Å²) in [5, 5.41) is 4.29. The molecule has 0 N–H and O–H groups in total. The van der Waals surface area contributed by atoms with E-state index in [0.717, 1.165) is 0 Å². The van der Waals surface area contributed by atoms with Gasteiger partial charge < -0.3 is 4.74 Å². The zero-order valence-corrected chi connectivity index (χ0v) is 14.5. The van der Waals surface area contributed by atoms with Gasteiger partial charge in [0, 0.05) is 6.92 Å². The smallest absolute Gasteiger partial charge is 0.309 e. The molecule has 0 fully saturated rings. The molecule has 0 saturated heterocycles. The Morgan fingerprint density at radius 3 is 2.12 bits per heavy atom. The highest BCUT2D eigenvalue weighted by atomic mass is 32.2. The summed E-state index contributed by atoms with van der Waals surface area (Å²) in [6.07, 6.45) is 0. The SMILES string of the molecule is CC(=O)Oc1c(S(=O)(=O)c2ccccc2)c(C)nn1-c1ccccc1. The molecular formula is C18H16N2O4S. The summed E-state index contributed by atoms with van der Waals surface area (Å²) >= 11 is 0. The Kier molecular flexibility index (Phi) is 4.41. The normalized spacial score (nSPS) is 11.3. The number of benzene rings is 2. The Morgan fingerprint density at radius 2 is 1.56 bits per heavy atom. The lowest BCUT2D eigenvalue weighted by molar-refractivity contribution is -0.132. The van der Waals surface area contributed by atoms with Crippen molar-refractivity contribution in [2.45, 2.75) is 23.6 Å². The molecule has 3 rings (SSSR count). The van der Waals surface area contributed by atoms with E-state index >= 15 is 0 Å². The molecule has 0 bridgehead atoms. The van der Waals surface area contributed by atoms with Crippen LogP contribution in [0, 0.1) is 6.92 Å². The van der Waals surface area contributed by atoms with E-state index in [-0.39, 0.29) is 21.4 Å². The molecule has 2 aromatic carbocycles. The fourth-order valence-electron chi connectivity index (χ4n) is 2.49. The average Bonchev–Trinajstić information content (AvgIpc) is 2.92. The lowest BCUT2D eigenvalue weighted by Gasteiger charge is -2.09. The topological polar surface area (TPSA) is 78.3 Å². The molecule has 1 aromatic heterocycles. The molecule has 0 aliphatic carbocycles. The molecule has 0 saturated carbocycles. The molecule has 0 atom stereocenters. The lowest BCUT2D eigenvalue weighted by Crippen LogP contribution is -2.11. The summed E-state index contributed by atoms with van der Waals surface area (Å²) in [5.74, 6) is -0.735. The fourth-order valence-corrected chi connectivity index (χ4v) is 4.03. The summed E-state index contributed by atoms with van der Waals surface area (Å²) in [6, 6.07) is 16.9. The van der Waals surface area contributed by atoms with E-state index < -0.39 is 15.8 Å². The zero-order valence-electron chi connectivity index (χ0n) is 13.7. The van der Waals surface area contributed by atoms with E-state index in [1.54, 1.807) is 49.4 Å². The van der Waals surface area contributed by atoms with Crippen molar-refractivity contribution in [3.8, 4) is 11.6 Å². The number of rotatable bonds is 4. The van der Waals surface area contributed by atoms with Crippen LogP contribution in [0.2, 0.25) is 0 Å². The van der Waals surface area contributed by atoms with Gasteiger partial charge in [-0.15, -0.1) is 0 Å². The molecular weight excluding hydrogens is 340 g/mol. The maximum absolute atomic E-state index is 13.1. The Morgan fingerprint density at radius 1 is 1.00 bits per heavy atom. The van der Waals surface area contributed by atoms with Crippen molar-refractivity contribution in [1.82, 2.24) is 9.78 Å². The zero-order chi connectivity index (χ0) is 18.0. The highest BCUT2D eigenvalue weighted by molar-refractivity contribution is 7.91. The summed E-state index contributed by atoms with van der Waals surface area (Å²) in [6.45, 7) is 2.79. The van der Waals surface area contributed by atoms with Crippen LogP contribution >= 0.6 is 0 Å². The van der Waals surface area contributed by atoms with E-state index in [9.17, 15) is 13.2 Å². The number of hydrogen-bond acceptors (Lipinski definition) is 5. The van der Waals surface area contributed by atoms with Gasteiger partial charge in [-0.3, -0.25) is 4.79 Å². The first-order valence-corrected chi connectivity index (χ1v) is 9.03. The van der Waals surface area contributed by atoms with Crippen molar-refractivity contribution in [3.05, 3.63) is 66.4 Å². The first-order valence-electron chi connectivity index (χ1n) is 7.55. The van der Waals surface area contributed by atoms with E-state index in [0.29, 0.717) is 5.69 Å². The number of para-hydroxylation sites is 1. The molecule has 0 unspecified atom stereocenters. The van der Waals surface area contributed by atoms with Gasteiger partial charge in [-0.25, -0.2) is 8.42 Å². The summed E-state index contributed by atoms with van der Waals surface area (Å²) in [7, 11) is -3.89. The number of ether oxygens (including phenoxy) is 1. The van der Waals surface area contributed by atoms with E-state index in [4.69, 9.17) is 4.74 Å². The van der Waals surface area contributed by atoms with Crippen LogP contribution in [-0.4, -0.2) is 24.2 Å². The molecule has 0 spiro atoms. The number of sulfone groups is 1. The predicted octanol–water partition coefficient (Wildman–Crippen LogP) is 2.94. The minimum atomic E-state index is -3.89. The van der Waals surface area contributed by atoms with Crippen molar-refractivity contribution >= 4 is 15.8 Å². The first kappa shape index (κ1) is 16.9. The van der Waals surface area contributed by atoms with Crippen LogP contribution in [-0.2, 0) is 14.6 Å². The van der Waals surface area contributed by atoms with Crippen LogP contribution in [0.25, 0.3) is 5.69 Å². The van der Waals surface area contributed by atoms with Gasteiger partial charge in [-0.2, -0.15) is 9.78 Å². The number of carbonyl (C=O) groups is 1. The van der Waals surface area contributed by atoms with Crippen molar-refractivity contribution in [3.63, 3.8) is 0 Å². The standard InChI is InChI=1S/C18H16N2O4S/c1-13-17(25(22,23)16-11-7-4-8-12-16)18(24-14(2)21)20(19-13)15-9-5-3-6-10-15/h3-12H,1-2H3. The summed E-state index contributed by atoms with van der Waals surface area (Å²) in [5.41, 5.74) is 0.848. The monoisotopic (exact) mass is 356 g/mol. The van der Waals surface area contributed by atoms with E-state index in [2.05, 4.69) is 5.10 Å². The molecule has 25 heavy (non-hydrogen) atoms. The van der Waals surface area contributed by atoms with Crippen LogP contribution < -0.4 is 4.74 Å². The van der Waals surface area contributed by atoms with Gasteiger partial charge >= 0.3 is 5.97 Å². The van der Waals surface area contributed by atoms with Crippen LogP contribution in [0.5, 0.6) is 5.88 Å². The number of aromatic nitrogens is 2. The predicted molar refractivity (Wildman–Crippen MR) is 91.5 cm³/mol. The number of hydrogen-bond donors (Lipinski definition) is 0. The van der Waals surface area contributed by atoms with E-state index in [1.165, 1.54) is 23.7 Å². The van der Waals surface area contributed by atoms with Gasteiger partial charge in [0.2, 0.25) is 15.7 Å². The van der Waals surface area contributed by atoms with Crippen LogP contribution in [0.1, 0.15) is 12.6 Å². The average molecular weight is 356 g/mol. The Balaban J connectivity index is 2.27. The minimum Gasteiger partial charge on any atom is -0.406 e. The van der Waals surface area contributed by atoms with Crippen LogP contribution in [0.3, 0.4) is 0 Å². The number of nitrogens with zero attached hydrogens (tertiary/aromatic N) is 2. The minimum absolute atomic E-state index is 0.110. The van der Waals surface area contributed by atoms with Gasteiger partial charge in [-0.05, 0) is 31.2 Å². The third-order valence-corrected chi connectivity index (χ3v) is 5.43. The van der Waals surface area contributed by atoms with Crippen molar-refractivity contribution in [1.29, 1.82) is 0 Å². The second-order valence-electron chi connectivity index (χ2n) is 5.38. The van der Waals surface area contributed by atoms with Gasteiger partial charge in [-0.1, -0.05) is 36.4 Å².